The van der Waals surface area contributed by atoms with Gasteiger partial charge in [0.05, 0.1) is 18.6 Å². The zero-order valence-electron chi connectivity index (χ0n) is 15.8. The molecule has 2 aromatic carbocycles. The van der Waals surface area contributed by atoms with E-state index in [2.05, 4.69) is 26.1 Å². The van der Waals surface area contributed by atoms with Crippen LogP contribution in [0.15, 0.2) is 52.9 Å². The van der Waals surface area contributed by atoms with Gasteiger partial charge in [-0.15, -0.1) is 10.2 Å². The van der Waals surface area contributed by atoms with E-state index in [9.17, 15) is 9.59 Å². The van der Waals surface area contributed by atoms with E-state index in [4.69, 9.17) is 4.74 Å². The molecule has 3 aromatic rings. The van der Waals surface area contributed by atoms with Crippen molar-refractivity contribution in [2.75, 3.05) is 28.8 Å². The van der Waals surface area contributed by atoms with E-state index < -0.39 is 0 Å². The van der Waals surface area contributed by atoms with Gasteiger partial charge in [0, 0.05) is 18.3 Å². The number of carbonyl (C=O) groups is 2. The number of thioether (sulfide) groups is 1. The lowest BCUT2D eigenvalue weighted by Crippen LogP contribution is -2.14. The monoisotopic (exact) mass is 429 g/mol. The first-order valence-corrected chi connectivity index (χ1v) is 10.4. The maximum absolute atomic E-state index is 12.2. The lowest BCUT2D eigenvalue weighted by Gasteiger charge is -2.08. The summed E-state index contributed by atoms with van der Waals surface area (Å²) in [6, 6.07) is 14.5. The molecule has 0 saturated carbocycles. The Morgan fingerprint density at radius 3 is 2.66 bits per heavy atom. The average Bonchev–Trinajstić information content (AvgIpc) is 3.14. The first-order valence-electron chi connectivity index (χ1n) is 8.57. The normalized spacial score (nSPS) is 10.3. The minimum Gasteiger partial charge on any atom is -0.495 e. The molecule has 0 atom stereocenters. The van der Waals surface area contributed by atoms with E-state index >= 15 is 0 Å². The standard InChI is InChI=1S/C19H19N5O3S2/c1-12(25)20-13-6-5-7-14(10-13)21-18-23-24-19(29-18)28-11-17(26)22-15-8-3-4-9-16(15)27-2/h3-10H,11H2,1-2H3,(H,20,25)(H,21,23)(H,22,26). The molecule has 0 unspecified atom stereocenters. The summed E-state index contributed by atoms with van der Waals surface area (Å²) in [6.45, 7) is 1.46. The molecule has 0 saturated heterocycles. The number of benzene rings is 2. The molecule has 0 radical (unpaired) electrons. The topological polar surface area (TPSA) is 105 Å². The number of nitrogens with one attached hydrogen (secondary N) is 3. The van der Waals surface area contributed by atoms with Crippen molar-refractivity contribution in [1.82, 2.24) is 10.2 Å². The predicted molar refractivity (Wildman–Crippen MR) is 116 cm³/mol. The highest BCUT2D eigenvalue weighted by Crippen LogP contribution is 2.29. The minimum absolute atomic E-state index is 0.136. The molecule has 3 rings (SSSR count). The number of hydrogen-bond donors (Lipinski definition) is 3. The Morgan fingerprint density at radius 2 is 1.86 bits per heavy atom. The molecule has 10 heteroatoms. The number of para-hydroxylation sites is 2. The van der Waals surface area contributed by atoms with Gasteiger partial charge < -0.3 is 20.7 Å². The number of rotatable bonds is 8. The number of ether oxygens (including phenoxy) is 1. The highest BCUT2D eigenvalue weighted by molar-refractivity contribution is 8.01. The van der Waals surface area contributed by atoms with Gasteiger partial charge in [-0.1, -0.05) is 41.3 Å². The first kappa shape index (κ1) is 20.6. The molecule has 2 amide bonds. The van der Waals surface area contributed by atoms with Crippen LogP contribution in [0.4, 0.5) is 22.2 Å². The third-order valence-corrected chi connectivity index (χ3v) is 5.52. The molecule has 150 valence electrons. The first-order chi connectivity index (χ1) is 14.0. The maximum Gasteiger partial charge on any atom is 0.234 e. The van der Waals surface area contributed by atoms with Crippen LogP contribution in [0.2, 0.25) is 0 Å². The third-order valence-electron chi connectivity index (χ3n) is 3.55. The Labute approximate surface area is 176 Å². The van der Waals surface area contributed by atoms with Crippen LogP contribution in [0.5, 0.6) is 5.75 Å². The number of anilines is 4. The van der Waals surface area contributed by atoms with Crippen LogP contribution in [-0.4, -0.2) is 34.9 Å². The number of amides is 2. The summed E-state index contributed by atoms with van der Waals surface area (Å²) in [5, 5.41) is 17.5. The molecule has 1 aromatic heterocycles. The van der Waals surface area contributed by atoms with Crippen LogP contribution in [0.1, 0.15) is 6.92 Å². The number of carbonyl (C=O) groups excluding carboxylic acids is 2. The van der Waals surface area contributed by atoms with Crippen molar-refractivity contribution in [3.05, 3.63) is 48.5 Å². The molecule has 0 fully saturated rings. The maximum atomic E-state index is 12.2. The zero-order chi connectivity index (χ0) is 20.6. The van der Waals surface area contributed by atoms with Gasteiger partial charge in [0.1, 0.15) is 5.75 Å². The van der Waals surface area contributed by atoms with Gasteiger partial charge in [-0.2, -0.15) is 0 Å². The molecule has 29 heavy (non-hydrogen) atoms. The van der Waals surface area contributed by atoms with Gasteiger partial charge in [-0.05, 0) is 30.3 Å². The van der Waals surface area contributed by atoms with Crippen molar-refractivity contribution >= 4 is 57.1 Å². The van der Waals surface area contributed by atoms with E-state index in [0.29, 0.717) is 26.6 Å². The second-order valence-electron chi connectivity index (χ2n) is 5.80. The molecule has 0 bridgehead atoms. The zero-order valence-corrected chi connectivity index (χ0v) is 17.4. The summed E-state index contributed by atoms with van der Waals surface area (Å²) in [5.74, 6) is 0.509. The van der Waals surface area contributed by atoms with Crippen molar-refractivity contribution in [2.45, 2.75) is 11.3 Å². The number of hydrogen-bond acceptors (Lipinski definition) is 8. The second kappa shape index (κ2) is 9.89. The molecule has 0 spiro atoms. The van der Waals surface area contributed by atoms with Crippen LogP contribution < -0.4 is 20.7 Å². The van der Waals surface area contributed by atoms with E-state index in [1.165, 1.54) is 30.0 Å². The largest absolute Gasteiger partial charge is 0.495 e. The predicted octanol–water partition coefficient (Wildman–Crippen LogP) is 3.98. The number of aromatic nitrogens is 2. The molecule has 8 nitrogen and oxygen atoms in total. The molecule has 0 aliphatic rings. The molecular weight excluding hydrogens is 410 g/mol. The summed E-state index contributed by atoms with van der Waals surface area (Å²) in [5.41, 5.74) is 2.09. The summed E-state index contributed by atoms with van der Waals surface area (Å²) in [4.78, 5) is 23.4. The van der Waals surface area contributed by atoms with Gasteiger partial charge in [0.2, 0.25) is 16.9 Å². The highest BCUT2D eigenvalue weighted by Gasteiger charge is 2.11. The molecular formula is C19H19N5O3S2. The van der Waals surface area contributed by atoms with Gasteiger partial charge in [-0.3, -0.25) is 9.59 Å². The van der Waals surface area contributed by atoms with Crippen LogP contribution in [-0.2, 0) is 9.59 Å². The van der Waals surface area contributed by atoms with E-state index in [0.717, 1.165) is 5.69 Å². The summed E-state index contributed by atoms with van der Waals surface area (Å²) in [7, 11) is 1.56. The van der Waals surface area contributed by atoms with Crippen LogP contribution in [0.3, 0.4) is 0 Å². The van der Waals surface area contributed by atoms with Crippen molar-refractivity contribution in [3.63, 3.8) is 0 Å². The fourth-order valence-electron chi connectivity index (χ4n) is 2.38. The fraction of sp³-hybridized carbons (Fsp3) is 0.158. The van der Waals surface area contributed by atoms with Crippen molar-refractivity contribution in [2.24, 2.45) is 0 Å². The van der Waals surface area contributed by atoms with Gasteiger partial charge in [0.15, 0.2) is 4.34 Å². The fourth-order valence-corrected chi connectivity index (χ4v) is 3.95. The minimum atomic E-state index is -0.160. The quantitative estimate of drug-likeness (QED) is 0.465. The Bertz CT molecular complexity index is 1010. The summed E-state index contributed by atoms with van der Waals surface area (Å²) < 4.78 is 5.89. The van der Waals surface area contributed by atoms with Gasteiger partial charge in [0.25, 0.3) is 0 Å². The van der Waals surface area contributed by atoms with Crippen molar-refractivity contribution < 1.29 is 14.3 Å². The molecule has 3 N–H and O–H groups in total. The Morgan fingerprint density at radius 1 is 1.07 bits per heavy atom. The molecule has 0 aliphatic heterocycles. The Kier molecular flexibility index (Phi) is 7.04. The molecule has 1 heterocycles. The summed E-state index contributed by atoms with van der Waals surface area (Å²) >= 11 is 2.64. The molecule has 0 aliphatic carbocycles. The third kappa shape index (κ3) is 6.19. The van der Waals surface area contributed by atoms with Crippen molar-refractivity contribution in [3.8, 4) is 5.75 Å². The lowest BCUT2D eigenvalue weighted by molar-refractivity contribution is -0.114. The number of nitrogens with zero attached hydrogens (tertiary/aromatic N) is 2. The van der Waals surface area contributed by atoms with Crippen LogP contribution in [0, 0.1) is 0 Å². The van der Waals surface area contributed by atoms with Crippen LogP contribution >= 0.6 is 23.1 Å². The number of methoxy groups -OCH3 is 1. The average molecular weight is 430 g/mol. The SMILES string of the molecule is COc1ccccc1NC(=O)CSc1nnc(Nc2cccc(NC(C)=O)c2)s1. The Hall–Kier alpha value is -3.11. The van der Waals surface area contributed by atoms with Crippen LogP contribution in [0.25, 0.3) is 0 Å². The van der Waals surface area contributed by atoms with E-state index in [1.54, 1.807) is 31.4 Å². The van der Waals surface area contributed by atoms with Gasteiger partial charge >= 0.3 is 0 Å². The smallest absolute Gasteiger partial charge is 0.234 e. The van der Waals surface area contributed by atoms with E-state index in [1.807, 2.05) is 24.3 Å². The summed E-state index contributed by atoms with van der Waals surface area (Å²) in [6.07, 6.45) is 0. The van der Waals surface area contributed by atoms with Gasteiger partial charge in [-0.25, -0.2) is 0 Å². The highest BCUT2D eigenvalue weighted by atomic mass is 32.2. The van der Waals surface area contributed by atoms with Crippen molar-refractivity contribution in [1.29, 1.82) is 0 Å². The Balaban J connectivity index is 1.54. The lowest BCUT2D eigenvalue weighted by atomic mass is 10.3. The second-order valence-corrected chi connectivity index (χ2v) is 8.00. The van der Waals surface area contributed by atoms with E-state index in [-0.39, 0.29) is 17.6 Å².